The highest BCUT2D eigenvalue weighted by Gasteiger charge is 2.36. The molecule has 0 saturated heterocycles. The monoisotopic (exact) mass is 464 g/mol. The first-order chi connectivity index (χ1) is 15.6. The lowest BCUT2D eigenvalue weighted by Gasteiger charge is -2.31. The molecule has 1 fully saturated rings. The molecule has 1 aliphatic carbocycles. The second-order valence-electron chi connectivity index (χ2n) is 9.36. The minimum Gasteiger partial charge on any atom is -0.335 e. The molecular weight excluding hydrogens is 436 g/mol. The van der Waals surface area contributed by atoms with Gasteiger partial charge >= 0.3 is 12.2 Å². The molecule has 1 aliphatic heterocycles. The van der Waals surface area contributed by atoms with Crippen LogP contribution in [0.5, 0.6) is 0 Å². The van der Waals surface area contributed by atoms with Crippen molar-refractivity contribution in [2.45, 2.75) is 70.6 Å². The largest absolute Gasteiger partial charge is 0.419 e. The van der Waals surface area contributed by atoms with Crippen LogP contribution in [-0.4, -0.2) is 33.5 Å². The quantitative estimate of drug-likeness (QED) is 0.630. The molecule has 0 bridgehead atoms. The summed E-state index contributed by atoms with van der Waals surface area (Å²) < 4.78 is 52.8. The summed E-state index contributed by atoms with van der Waals surface area (Å²) in [4.78, 5) is 23.8. The van der Waals surface area contributed by atoms with Crippen LogP contribution >= 0.6 is 0 Å². The Hall–Kier alpha value is -2.71. The van der Waals surface area contributed by atoms with Crippen LogP contribution in [0.2, 0.25) is 0 Å². The number of amides is 2. The van der Waals surface area contributed by atoms with E-state index in [-0.39, 0.29) is 18.0 Å². The topological polar surface area (TPSA) is 58.1 Å². The van der Waals surface area contributed by atoms with Crippen molar-refractivity contribution in [1.82, 2.24) is 20.2 Å². The van der Waals surface area contributed by atoms with Gasteiger partial charge in [-0.2, -0.15) is 13.2 Å². The van der Waals surface area contributed by atoms with Crippen molar-refractivity contribution in [2.24, 2.45) is 5.92 Å². The first-order valence-electron chi connectivity index (χ1n) is 11.4. The molecule has 2 amide bonds. The second kappa shape index (κ2) is 9.27. The smallest absolute Gasteiger partial charge is 0.335 e. The van der Waals surface area contributed by atoms with Gasteiger partial charge in [-0.1, -0.05) is 26.3 Å². The maximum Gasteiger partial charge on any atom is 0.419 e. The lowest BCUT2D eigenvalue weighted by Crippen LogP contribution is -2.47. The fourth-order valence-electron chi connectivity index (χ4n) is 4.75. The van der Waals surface area contributed by atoms with E-state index in [4.69, 9.17) is 0 Å². The molecule has 1 unspecified atom stereocenters. The molecule has 1 aromatic carbocycles. The number of halogens is 4. The molecule has 2 heterocycles. The zero-order chi connectivity index (χ0) is 23.8. The van der Waals surface area contributed by atoms with Crippen molar-refractivity contribution in [3.05, 3.63) is 58.4 Å². The highest BCUT2D eigenvalue weighted by molar-refractivity contribution is 5.75. The van der Waals surface area contributed by atoms with Crippen molar-refractivity contribution in [2.75, 3.05) is 6.54 Å². The van der Waals surface area contributed by atoms with Gasteiger partial charge in [0.2, 0.25) is 0 Å². The van der Waals surface area contributed by atoms with Gasteiger partial charge in [-0.3, -0.25) is 0 Å². The predicted octanol–water partition coefficient (Wildman–Crippen LogP) is 5.24. The Labute approximate surface area is 190 Å². The molecule has 33 heavy (non-hydrogen) atoms. The number of nitrogens with one attached hydrogen (secondary N) is 1. The van der Waals surface area contributed by atoms with Crippen molar-refractivity contribution < 1.29 is 22.4 Å². The average Bonchev–Trinajstić information content (AvgIpc) is 3.19. The second-order valence-corrected chi connectivity index (χ2v) is 9.36. The molecule has 2 atom stereocenters. The van der Waals surface area contributed by atoms with Gasteiger partial charge in [0.15, 0.2) is 0 Å². The maximum atomic E-state index is 14.1. The third-order valence-electron chi connectivity index (χ3n) is 6.43. The van der Waals surface area contributed by atoms with Crippen LogP contribution in [-0.2, 0) is 25.6 Å². The molecule has 5 nitrogen and oxygen atoms in total. The Bertz CT molecular complexity index is 1020. The fraction of sp³-hybridized carbons (Fsp3) is 0.542. The summed E-state index contributed by atoms with van der Waals surface area (Å²) in [5, 5.41) is 3.04. The number of aromatic nitrogens is 2. The molecule has 2 aliphatic rings. The van der Waals surface area contributed by atoms with Crippen LogP contribution in [0.1, 0.15) is 67.2 Å². The first-order valence-corrected chi connectivity index (χ1v) is 11.4. The average molecular weight is 465 g/mol. The van der Waals surface area contributed by atoms with Crippen molar-refractivity contribution >= 4 is 6.03 Å². The number of fused-ring (bicyclic) bond motifs is 1. The molecule has 4 rings (SSSR count). The predicted molar refractivity (Wildman–Crippen MR) is 115 cm³/mol. The minimum absolute atomic E-state index is 0.220. The Kier molecular flexibility index (Phi) is 6.59. The maximum absolute atomic E-state index is 14.1. The highest BCUT2D eigenvalue weighted by Crippen LogP contribution is 2.38. The third-order valence-corrected chi connectivity index (χ3v) is 6.43. The van der Waals surface area contributed by atoms with E-state index in [2.05, 4.69) is 29.1 Å². The molecular formula is C24H28F4N4O. The summed E-state index contributed by atoms with van der Waals surface area (Å²) in [5.74, 6) is -0.296. The minimum atomic E-state index is -4.73. The van der Waals surface area contributed by atoms with E-state index in [1.807, 2.05) is 6.20 Å². The van der Waals surface area contributed by atoms with E-state index in [0.717, 1.165) is 42.1 Å². The van der Waals surface area contributed by atoms with Crippen LogP contribution in [0.25, 0.3) is 0 Å². The van der Waals surface area contributed by atoms with Crippen molar-refractivity contribution in [3.8, 4) is 0 Å². The van der Waals surface area contributed by atoms with Gasteiger partial charge in [-0.15, -0.1) is 0 Å². The molecule has 9 heteroatoms. The number of nitrogens with zero attached hydrogens (tertiary/aromatic N) is 3. The van der Waals surface area contributed by atoms with E-state index >= 15 is 0 Å². The van der Waals surface area contributed by atoms with E-state index in [1.54, 1.807) is 4.90 Å². The Morgan fingerprint density at radius 2 is 2.06 bits per heavy atom. The van der Waals surface area contributed by atoms with Crippen LogP contribution in [0.4, 0.5) is 22.4 Å². The van der Waals surface area contributed by atoms with Crippen LogP contribution < -0.4 is 5.32 Å². The van der Waals surface area contributed by atoms with Gasteiger partial charge in [-0.05, 0) is 48.4 Å². The number of rotatable bonds is 4. The fourth-order valence-corrected chi connectivity index (χ4v) is 4.75. The van der Waals surface area contributed by atoms with E-state index < -0.39 is 17.6 Å². The molecule has 1 saturated carbocycles. The van der Waals surface area contributed by atoms with Crippen LogP contribution in [0.15, 0.2) is 24.4 Å². The summed E-state index contributed by atoms with van der Waals surface area (Å²) in [5.41, 5.74) is 1.12. The SMILES string of the molecule is CC(C)Cc1ncc2c(n1)CN(C(=O)NC1CCC[C@H]1c1ccc(C(F)(F)F)c(F)c1)CC2. The van der Waals surface area contributed by atoms with Gasteiger partial charge in [0.1, 0.15) is 11.6 Å². The summed E-state index contributed by atoms with van der Waals surface area (Å²) >= 11 is 0. The van der Waals surface area contributed by atoms with Gasteiger partial charge in [0.25, 0.3) is 0 Å². The van der Waals surface area contributed by atoms with Gasteiger partial charge in [0, 0.05) is 31.1 Å². The van der Waals surface area contributed by atoms with Gasteiger partial charge in [-0.25, -0.2) is 19.2 Å². The molecule has 2 aromatic rings. The molecule has 0 spiro atoms. The lowest BCUT2D eigenvalue weighted by molar-refractivity contribution is -0.140. The van der Waals surface area contributed by atoms with Gasteiger partial charge < -0.3 is 10.2 Å². The number of hydrogen-bond acceptors (Lipinski definition) is 3. The first kappa shape index (κ1) is 23.4. The van der Waals surface area contributed by atoms with Gasteiger partial charge in [0.05, 0.1) is 17.8 Å². The van der Waals surface area contributed by atoms with E-state index in [1.165, 1.54) is 6.07 Å². The van der Waals surface area contributed by atoms with Crippen molar-refractivity contribution in [1.29, 1.82) is 0 Å². The number of urea groups is 1. The third kappa shape index (κ3) is 5.28. The normalized spacial score (nSPS) is 20.8. The number of carbonyl (C=O) groups excluding carboxylic acids is 1. The summed E-state index contributed by atoms with van der Waals surface area (Å²) in [7, 11) is 0. The van der Waals surface area contributed by atoms with Crippen LogP contribution in [0, 0.1) is 11.7 Å². The Morgan fingerprint density at radius 1 is 1.27 bits per heavy atom. The van der Waals surface area contributed by atoms with E-state index in [0.29, 0.717) is 43.8 Å². The molecule has 178 valence electrons. The number of hydrogen-bond donors (Lipinski definition) is 1. The number of benzene rings is 1. The summed E-state index contributed by atoms with van der Waals surface area (Å²) in [6, 6.07) is 2.59. The number of alkyl halides is 3. The highest BCUT2D eigenvalue weighted by atomic mass is 19.4. The summed E-state index contributed by atoms with van der Waals surface area (Å²) in [6.45, 7) is 5.13. The lowest BCUT2D eigenvalue weighted by atomic mass is 9.93. The molecule has 1 N–H and O–H groups in total. The number of carbonyl (C=O) groups is 1. The van der Waals surface area contributed by atoms with Crippen molar-refractivity contribution in [3.63, 3.8) is 0 Å². The van der Waals surface area contributed by atoms with Crippen LogP contribution in [0.3, 0.4) is 0 Å². The summed E-state index contributed by atoms with van der Waals surface area (Å²) in [6.07, 6.45) is 0.758. The van der Waals surface area contributed by atoms with E-state index in [9.17, 15) is 22.4 Å². The zero-order valence-corrected chi connectivity index (χ0v) is 18.8. The molecule has 0 radical (unpaired) electrons. The molecule has 1 aromatic heterocycles. The Morgan fingerprint density at radius 3 is 2.76 bits per heavy atom. The Balaban J connectivity index is 1.44. The standard InChI is InChI=1S/C24H28F4N4O/c1-14(2)10-22-29-12-16-8-9-32(13-21(16)30-22)23(33)31-20-5-3-4-17(20)15-6-7-18(19(25)11-15)24(26,27)28/h6-7,11-12,14,17,20H,3-5,8-10,13H2,1-2H3,(H,31,33)/t17-,20?/m0/s1. The zero-order valence-electron chi connectivity index (χ0n) is 18.8.